The number of pyridine rings is 2. The fourth-order valence-corrected chi connectivity index (χ4v) is 4.22. The number of anilines is 1. The average Bonchev–Trinajstić information content (AvgIpc) is 2.79. The number of hydrogen-bond donors (Lipinski definition) is 2. The molecule has 3 aromatic rings. The van der Waals surface area contributed by atoms with Gasteiger partial charge in [0.1, 0.15) is 22.7 Å². The fraction of sp³-hybridized carbons (Fsp3) is 0.304. The summed E-state index contributed by atoms with van der Waals surface area (Å²) in [7, 11) is 0. The summed E-state index contributed by atoms with van der Waals surface area (Å²) < 4.78 is 19.9. The highest BCUT2D eigenvalue weighted by Gasteiger charge is 2.23. The molecule has 1 fully saturated rings. The number of hydrogen-bond acceptors (Lipinski definition) is 6. The summed E-state index contributed by atoms with van der Waals surface area (Å²) >= 11 is 5.84. The Labute approximate surface area is 188 Å². The number of carboxylic acids is 1. The molecule has 1 aromatic carbocycles. The molecule has 1 atom stereocenters. The molecule has 0 saturated carbocycles. The lowest BCUT2D eigenvalue weighted by molar-refractivity contribution is 0.0691. The molecule has 0 amide bonds. The van der Waals surface area contributed by atoms with Gasteiger partial charge in [-0.2, -0.15) is 5.26 Å². The standard InChI is InChI=1S/C23H20ClFN4O3/c1-12(27-18-2-3-21(24)29-22(18)23(30)31)15-8-14(25)9-19-17(15)10-16(20(11-26)28-19)13-4-6-32-7-5-13/h2-3,8-10,12-13,27H,4-7H2,1H3,(H,30,31)/t12-/m1/s1. The van der Waals surface area contributed by atoms with E-state index in [1.54, 1.807) is 6.92 Å². The van der Waals surface area contributed by atoms with E-state index in [2.05, 4.69) is 21.4 Å². The van der Waals surface area contributed by atoms with Crippen molar-refractivity contribution in [3.8, 4) is 6.07 Å². The molecule has 32 heavy (non-hydrogen) atoms. The number of aromatic carboxylic acids is 1. The Hall–Kier alpha value is -3.28. The molecular formula is C23H20ClFN4O3. The number of benzene rings is 1. The second kappa shape index (κ2) is 9.07. The minimum absolute atomic E-state index is 0.0612. The van der Waals surface area contributed by atoms with Gasteiger partial charge in [0.05, 0.1) is 11.2 Å². The fourth-order valence-electron chi connectivity index (χ4n) is 4.08. The van der Waals surface area contributed by atoms with Gasteiger partial charge in [0, 0.05) is 30.7 Å². The van der Waals surface area contributed by atoms with E-state index in [0.29, 0.717) is 29.7 Å². The third-order valence-corrected chi connectivity index (χ3v) is 5.84. The van der Waals surface area contributed by atoms with Crippen molar-refractivity contribution in [2.75, 3.05) is 18.5 Å². The van der Waals surface area contributed by atoms with Crippen LogP contribution < -0.4 is 5.32 Å². The molecule has 1 aliphatic heterocycles. The number of nitriles is 1. The van der Waals surface area contributed by atoms with E-state index < -0.39 is 17.8 Å². The Morgan fingerprint density at radius 2 is 2.06 bits per heavy atom. The van der Waals surface area contributed by atoms with Crippen LogP contribution in [-0.4, -0.2) is 34.3 Å². The second-order valence-corrected chi connectivity index (χ2v) is 8.07. The molecule has 164 valence electrons. The number of carbonyl (C=O) groups is 1. The van der Waals surface area contributed by atoms with E-state index in [0.717, 1.165) is 18.4 Å². The van der Waals surface area contributed by atoms with Gasteiger partial charge in [-0.1, -0.05) is 11.6 Å². The van der Waals surface area contributed by atoms with Crippen LogP contribution in [0.1, 0.15) is 59.0 Å². The number of rotatable bonds is 5. The second-order valence-electron chi connectivity index (χ2n) is 7.69. The summed E-state index contributed by atoms with van der Waals surface area (Å²) in [6.45, 7) is 3.02. The summed E-state index contributed by atoms with van der Waals surface area (Å²) in [5.74, 6) is -1.59. The third kappa shape index (κ3) is 4.35. The highest BCUT2D eigenvalue weighted by molar-refractivity contribution is 6.29. The van der Waals surface area contributed by atoms with E-state index in [1.807, 2.05) is 6.07 Å². The van der Waals surface area contributed by atoms with E-state index in [9.17, 15) is 19.6 Å². The van der Waals surface area contributed by atoms with Gasteiger partial charge in [0.25, 0.3) is 0 Å². The van der Waals surface area contributed by atoms with Crippen LogP contribution in [-0.2, 0) is 4.74 Å². The van der Waals surface area contributed by atoms with Gasteiger partial charge in [-0.3, -0.25) is 0 Å². The summed E-state index contributed by atoms with van der Waals surface area (Å²) in [5, 5.41) is 23.0. The van der Waals surface area contributed by atoms with Gasteiger partial charge < -0.3 is 15.2 Å². The normalized spacial score (nSPS) is 15.3. The van der Waals surface area contributed by atoms with Crippen LogP contribution in [0.4, 0.5) is 10.1 Å². The summed E-state index contributed by atoms with van der Waals surface area (Å²) in [6, 6.07) is 9.27. The maximum absolute atomic E-state index is 14.5. The van der Waals surface area contributed by atoms with Crippen molar-refractivity contribution in [1.29, 1.82) is 5.26 Å². The monoisotopic (exact) mass is 454 g/mol. The van der Waals surface area contributed by atoms with Crippen molar-refractivity contribution in [3.05, 3.63) is 63.8 Å². The first-order valence-corrected chi connectivity index (χ1v) is 10.5. The van der Waals surface area contributed by atoms with Crippen LogP contribution in [0.2, 0.25) is 5.15 Å². The third-order valence-electron chi connectivity index (χ3n) is 5.63. The van der Waals surface area contributed by atoms with E-state index in [-0.39, 0.29) is 28.1 Å². The molecule has 0 radical (unpaired) electrons. The minimum atomic E-state index is -1.23. The largest absolute Gasteiger partial charge is 0.476 e. The maximum atomic E-state index is 14.5. The number of aromatic nitrogens is 2. The Kier molecular flexibility index (Phi) is 6.21. The first-order chi connectivity index (χ1) is 15.4. The molecule has 2 aromatic heterocycles. The lowest BCUT2D eigenvalue weighted by atomic mass is 9.88. The number of nitrogens with one attached hydrogen (secondary N) is 1. The smallest absolute Gasteiger partial charge is 0.356 e. The van der Waals surface area contributed by atoms with Gasteiger partial charge in [-0.15, -0.1) is 0 Å². The number of nitrogens with zero attached hydrogens (tertiary/aromatic N) is 3. The topological polar surface area (TPSA) is 108 Å². The van der Waals surface area contributed by atoms with Crippen molar-refractivity contribution in [1.82, 2.24) is 9.97 Å². The molecule has 4 rings (SSSR count). The van der Waals surface area contributed by atoms with Gasteiger partial charge in [-0.25, -0.2) is 19.2 Å². The van der Waals surface area contributed by atoms with Crippen LogP contribution in [0.25, 0.3) is 10.9 Å². The van der Waals surface area contributed by atoms with Crippen molar-refractivity contribution in [2.24, 2.45) is 0 Å². The molecule has 0 unspecified atom stereocenters. The first kappa shape index (κ1) is 21.9. The highest BCUT2D eigenvalue weighted by Crippen LogP contribution is 2.34. The molecule has 0 bridgehead atoms. The molecule has 3 heterocycles. The zero-order chi connectivity index (χ0) is 22.8. The van der Waals surface area contributed by atoms with E-state index in [4.69, 9.17) is 16.3 Å². The number of ether oxygens (including phenoxy) is 1. The Morgan fingerprint density at radius 1 is 1.31 bits per heavy atom. The Balaban J connectivity index is 1.80. The molecule has 2 N–H and O–H groups in total. The molecule has 9 heteroatoms. The minimum Gasteiger partial charge on any atom is -0.476 e. The SMILES string of the molecule is C[C@@H](Nc1ccc(Cl)nc1C(=O)O)c1cc(F)cc2nc(C#N)c(C3CCOCC3)cc12. The number of halogens is 2. The Bertz CT molecular complexity index is 1240. The zero-order valence-corrected chi connectivity index (χ0v) is 18.0. The van der Waals surface area contributed by atoms with Gasteiger partial charge in [0.15, 0.2) is 5.69 Å². The van der Waals surface area contributed by atoms with Crippen LogP contribution in [0.3, 0.4) is 0 Å². The molecule has 0 spiro atoms. The van der Waals surface area contributed by atoms with Crippen LogP contribution in [0.15, 0.2) is 30.3 Å². The molecule has 1 saturated heterocycles. The molecule has 7 nitrogen and oxygen atoms in total. The molecule has 0 aliphatic carbocycles. The molecular weight excluding hydrogens is 435 g/mol. The summed E-state index contributed by atoms with van der Waals surface area (Å²) in [6.07, 6.45) is 1.56. The van der Waals surface area contributed by atoms with E-state index in [1.165, 1.54) is 24.3 Å². The predicted molar refractivity (Wildman–Crippen MR) is 117 cm³/mol. The summed E-state index contributed by atoms with van der Waals surface area (Å²) in [5.41, 5.74) is 2.11. The summed E-state index contributed by atoms with van der Waals surface area (Å²) in [4.78, 5) is 19.9. The van der Waals surface area contributed by atoms with Gasteiger partial charge in [-0.05, 0) is 61.1 Å². The molecule has 1 aliphatic rings. The van der Waals surface area contributed by atoms with E-state index >= 15 is 0 Å². The Morgan fingerprint density at radius 3 is 2.75 bits per heavy atom. The first-order valence-electron chi connectivity index (χ1n) is 10.2. The van der Waals surface area contributed by atoms with Crippen molar-refractivity contribution < 1.29 is 19.0 Å². The van der Waals surface area contributed by atoms with Crippen LogP contribution in [0.5, 0.6) is 0 Å². The van der Waals surface area contributed by atoms with Gasteiger partial charge in [0.2, 0.25) is 0 Å². The highest BCUT2D eigenvalue weighted by atomic mass is 35.5. The van der Waals surface area contributed by atoms with Crippen LogP contribution in [0, 0.1) is 17.1 Å². The van der Waals surface area contributed by atoms with Crippen LogP contribution >= 0.6 is 11.6 Å². The number of carboxylic acid groups (broad SMARTS) is 1. The lowest BCUT2D eigenvalue weighted by Gasteiger charge is -2.24. The quantitative estimate of drug-likeness (QED) is 0.518. The van der Waals surface area contributed by atoms with Gasteiger partial charge >= 0.3 is 5.97 Å². The van der Waals surface area contributed by atoms with Crippen molar-refractivity contribution in [3.63, 3.8) is 0 Å². The zero-order valence-electron chi connectivity index (χ0n) is 17.2. The average molecular weight is 455 g/mol. The number of fused-ring (bicyclic) bond motifs is 1. The van der Waals surface area contributed by atoms with Crippen molar-refractivity contribution >= 4 is 34.2 Å². The predicted octanol–water partition coefficient (Wildman–Crippen LogP) is 5.06. The maximum Gasteiger partial charge on any atom is 0.356 e. The lowest BCUT2D eigenvalue weighted by Crippen LogP contribution is -2.16. The van der Waals surface area contributed by atoms with Crippen molar-refractivity contribution in [2.45, 2.75) is 31.7 Å².